The predicted molar refractivity (Wildman–Crippen MR) is 393 cm³/mol. The number of aliphatic hydroxyl groups is 2. The minimum absolute atomic E-state index is 0.0320. The van der Waals surface area contributed by atoms with Gasteiger partial charge in [-0.2, -0.15) is 0 Å². The predicted octanol–water partition coefficient (Wildman–Crippen LogP) is 9.67. The Morgan fingerprint density at radius 2 is 0.857 bits per heavy atom. The number of morpholine rings is 5. The third-order valence-electron chi connectivity index (χ3n) is 16.3. The number of halogens is 2. The molecule has 4 N–H and O–H groups in total. The molecule has 7 atom stereocenters. The Labute approximate surface area is 631 Å². The number of carboxylic acid groups (broad SMARTS) is 1. The smallest absolute Gasteiger partial charge is 0.410 e. The van der Waals surface area contributed by atoms with E-state index in [2.05, 4.69) is 5.32 Å². The molecular formula is C74H122Cl2N6O23. The molecule has 2 aromatic rings. The van der Waals surface area contributed by atoms with Crippen LogP contribution >= 0.6 is 23.2 Å². The number of benzene rings is 2. The molecule has 31 heteroatoms. The van der Waals surface area contributed by atoms with Crippen molar-refractivity contribution in [1.29, 1.82) is 0 Å². The Bertz CT molecular complexity index is 2940. The molecule has 0 saturated carbocycles. The summed E-state index contributed by atoms with van der Waals surface area (Å²) in [5.41, 5.74) is -3.02. The molecule has 7 rings (SSSR count). The Balaban J connectivity index is 0.000000345. The highest BCUT2D eigenvalue weighted by Gasteiger charge is 2.44. The van der Waals surface area contributed by atoms with Gasteiger partial charge in [0.15, 0.2) is 18.0 Å². The summed E-state index contributed by atoms with van der Waals surface area (Å²) < 4.78 is 63.9. The lowest BCUT2D eigenvalue weighted by atomic mass is 9.82. The second-order valence-electron chi connectivity index (χ2n) is 29.7. The first-order valence-electron chi connectivity index (χ1n) is 35.9. The van der Waals surface area contributed by atoms with Gasteiger partial charge in [-0.05, 0) is 170 Å². The quantitative estimate of drug-likeness (QED) is 0.0457. The average molecular weight is 1530 g/mol. The fourth-order valence-electron chi connectivity index (χ4n) is 11.0. The number of carbonyl (C=O) groups excluding carboxylic acids is 6. The molecule has 0 spiro atoms. The lowest BCUT2D eigenvalue weighted by Crippen LogP contribution is -2.55. The number of unbranched alkanes of at least 4 members (excludes halogenated alkanes) is 3. The zero-order valence-corrected chi connectivity index (χ0v) is 66.6. The molecule has 5 aliphatic heterocycles. The van der Waals surface area contributed by atoms with E-state index in [1.54, 1.807) is 84.8 Å². The third-order valence-corrected chi connectivity index (χ3v) is 16.8. The SMILES string of the molecule is CC(C)(C)OC(=O)N1CCOC(C(=O)O)C1.COCCCCC(=O)C1CN(C(=O)OC(C)(C)C)CCO1.COCCCC[C@@](O)(c1cccc(Cl)c1)[C@H]1CN(C(=O)OC(C)(C)C)CCO1.COCCCC[C@@](O)(c1cccc(Cl)c1)[C@H]1CNCCO1.CON(C)C(=O)C1CN(C(=O)OC(C)(C)C)CCO1. The van der Waals surface area contributed by atoms with Crippen LogP contribution in [0.3, 0.4) is 0 Å². The number of nitrogens with zero attached hydrogens (tertiary/aromatic N) is 5. The molecule has 0 bridgehead atoms. The highest BCUT2D eigenvalue weighted by molar-refractivity contribution is 6.31. The lowest BCUT2D eigenvalue weighted by Gasteiger charge is -2.42. The van der Waals surface area contributed by atoms with Gasteiger partial charge in [-0.25, -0.2) is 29.0 Å². The van der Waals surface area contributed by atoms with Crippen molar-refractivity contribution >= 4 is 65.2 Å². The number of ether oxygens (including phenoxy) is 12. The fourth-order valence-corrected chi connectivity index (χ4v) is 11.4. The lowest BCUT2D eigenvalue weighted by molar-refractivity contribution is -0.184. The zero-order chi connectivity index (χ0) is 78.8. The maximum atomic E-state index is 12.5. The number of amides is 5. The van der Waals surface area contributed by atoms with Crippen molar-refractivity contribution in [3.8, 4) is 0 Å². The maximum Gasteiger partial charge on any atom is 0.410 e. The Morgan fingerprint density at radius 1 is 0.495 bits per heavy atom. The van der Waals surface area contributed by atoms with Crippen molar-refractivity contribution in [2.75, 3.05) is 154 Å². The third kappa shape index (κ3) is 35.4. The summed E-state index contributed by atoms with van der Waals surface area (Å²) in [6.07, 6.45) is 1.80. The van der Waals surface area contributed by atoms with Crippen LogP contribution < -0.4 is 5.32 Å². The summed E-state index contributed by atoms with van der Waals surface area (Å²) in [5.74, 6) is -1.34. The minimum atomic E-state index is -1.26. The molecule has 0 aliphatic carbocycles. The molecule has 105 heavy (non-hydrogen) atoms. The summed E-state index contributed by atoms with van der Waals surface area (Å²) in [6.45, 7) is 29.3. The van der Waals surface area contributed by atoms with Crippen LogP contribution in [0.1, 0.15) is 152 Å². The number of methoxy groups -OCH3 is 3. The number of carboxylic acids is 1. The number of rotatable bonds is 23. The number of hydroxylamine groups is 2. The summed E-state index contributed by atoms with van der Waals surface area (Å²) in [5, 5.41) is 37.2. The van der Waals surface area contributed by atoms with E-state index in [0.29, 0.717) is 114 Å². The van der Waals surface area contributed by atoms with E-state index in [9.17, 15) is 43.8 Å². The van der Waals surface area contributed by atoms with Gasteiger partial charge in [0.05, 0.1) is 66.3 Å². The summed E-state index contributed by atoms with van der Waals surface area (Å²) in [7, 11) is 7.89. The summed E-state index contributed by atoms with van der Waals surface area (Å²) >= 11 is 12.3. The Hall–Kier alpha value is -5.77. The number of Topliss-reactive ketones (excluding diaryl/α,β-unsaturated/α-hetero) is 1. The molecule has 5 heterocycles. The van der Waals surface area contributed by atoms with Gasteiger partial charge < -0.3 is 97.1 Å². The number of hydrogen-bond donors (Lipinski definition) is 4. The Kier molecular flexibility index (Phi) is 40.8. The molecular weight excluding hydrogens is 1410 g/mol. The van der Waals surface area contributed by atoms with Crippen molar-refractivity contribution in [3.05, 3.63) is 69.7 Å². The highest BCUT2D eigenvalue weighted by Crippen LogP contribution is 2.37. The number of ketones is 1. The van der Waals surface area contributed by atoms with E-state index in [1.165, 1.54) is 24.0 Å². The molecule has 600 valence electrons. The topological polar surface area (TPSA) is 328 Å². The first-order chi connectivity index (χ1) is 49.2. The van der Waals surface area contributed by atoms with Gasteiger partial charge in [0.2, 0.25) is 0 Å². The zero-order valence-electron chi connectivity index (χ0n) is 65.1. The number of nitrogens with one attached hydrogen (secondary N) is 1. The molecule has 0 aromatic heterocycles. The van der Waals surface area contributed by atoms with Gasteiger partial charge in [0.1, 0.15) is 51.9 Å². The number of carbonyl (C=O) groups is 7. The van der Waals surface area contributed by atoms with Crippen molar-refractivity contribution < 1.29 is 111 Å². The molecule has 29 nitrogen and oxygen atoms in total. The first kappa shape index (κ1) is 93.4. The molecule has 5 saturated heterocycles. The van der Waals surface area contributed by atoms with Gasteiger partial charge in [0.25, 0.3) is 5.91 Å². The monoisotopic (exact) mass is 1530 g/mol. The Morgan fingerprint density at radius 3 is 1.24 bits per heavy atom. The summed E-state index contributed by atoms with van der Waals surface area (Å²) in [4.78, 5) is 93.5. The van der Waals surface area contributed by atoms with E-state index in [4.69, 9.17) is 90.0 Å². The average Bonchev–Trinajstić information content (AvgIpc) is 0.797. The van der Waals surface area contributed by atoms with Crippen molar-refractivity contribution in [2.45, 2.75) is 205 Å². The van der Waals surface area contributed by atoms with E-state index in [1.807, 2.05) is 77.9 Å². The number of hydrogen-bond acceptors (Lipinski definition) is 23. The van der Waals surface area contributed by atoms with Crippen molar-refractivity contribution in [3.63, 3.8) is 0 Å². The summed E-state index contributed by atoms with van der Waals surface area (Å²) in [6, 6.07) is 14.6. The molecule has 3 unspecified atom stereocenters. The van der Waals surface area contributed by atoms with Gasteiger partial charge in [-0.3, -0.25) is 14.4 Å². The molecule has 5 fully saturated rings. The van der Waals surface area contributed by atoms with Crippen LogP contribution in [0.25, 0.3) is 0 Å². The minimum Gasteiger partial charge on any atom is -0.479 e. The van der Waals surface area contributed by atoms with Crippen molar-refractivity contribution in [1.82, 2.24) is 30.0 Å². The van der Waals surface area contributed by atoms with Gasteiger partial charge in [0, 0.05) is 104 Å². The second-order valence-corrected chi connectivity index (χ2v) is 30.6. The van der Waals surface area contributed by atoms with Crippen LogP contribution in [0.4, 0.5) is 19.2 Å². The van der Waals surface area contributed by atoms with Crippen LogP contribution in [0.2, 0.25) is 10.0 Å². The molecule has 5 amide bonds. The fraction of sp³-hybridized carbons (Fsp3) is 0.743. The number of likely N-dealkylation sites (N-methyl/N-ethyl adjacent to an activating group) is 1. The van der Waals surface area contributed by atoms with E-state index >= 15 is 0 Å². The van der Waals surface area contributed by atoms with Gasteiger partial charge in [-0.15, -0.1) is 0 Å². The number of aliphatic carboxylic acids is 1. The van der Waals surface area contributed by atoms with Crippen LogP contribution in [0.15, 0.2) is 48.5 Å². The maximum absolute atomic E-state index is 12.5. The van der Waals surface area contributed by atoms with Crippen LogP contribution in [-0.2, 0) is 87.3 Å². The second kappa shape index (κ2) is 45.9. The normalized spacial score (nSPS) is 20.5. The molecule has 2 aromatic carbocycles. The molecule has 5 aliphatic rings. The van der Waals surface area contributed by atoms with Crippen LogP contribution in [0, 0.1) is 0 Å². The van der Waals surface area contributed by atoms with E-state index in [0.717, 1.165) is 55.7 Å². The highest BCUT2D eigenvalue weighted by atomic mass is 35.5. The van der Waals surface area contributed by atoms with E-state index in [-0.39, 0.29) is 56.7 Å². The first-order valence-corrected chi connectivity index (χ1v) is 36.7. The van der Waals surface area contributed by atoms with E-state index < -0.39 is 82.3 Å². The van der Waals surface area contributed by atoms with Gasteiger partial charge >= 0.3 is 30.3 Å². The van der Waals surface area contributed by atoms with Gasteiger partial charge in [-0.1, -0.05) is 47.5 Å². The standard InChI is InChI=1S/C21H32ClNO5.C16H24ClNO3.C15H27NO5.C12H22N2O5.C10H17NO5/c1-20(2,3)28-19(24)23-11-13-27-18(15-23)21(25,10-5-6-12-26-4)16-8-7-9-17(22)14-16;1-20-9-3-2-7-16(19,15-12-18-8-10-21-15)13-5-4-6-14(17)11-13;1-15(2,3)21-14(18)16-8-10-20-13(11-16)12(17)7-5-6-9-19-4;1-12(2,3)19-11(16)14-6-7-18-9(8-14)10(15)13(4)17-5;1-10(2,3)16-9(14)11-4-5-15-7(6-11)8(12)13/h7-9,14,18,25H,5-6,10-13,15H2,1-4H3;4-6,11,15,18-19H,2-3,7-10,12H2,1H3;13H,5-11H2,1-4H3;9H,6-8H2,1-5H3;7H,4-6H2,1-3H3,(H,12,13)/t18-,21-;15-,16-;;;/m11.../s1. The van der Waals surface area contributed by atoms with Crippen LogP contribution in [-0.4, -0.2) is 289 Å². The molecule has 0 radical (unpaired) electrons. The van der Waals surface area contributed by atoms with Crippen molar-refractivity contribution in [2.24, 2.45) is 0 Å². The van der Waals surface area contributed by atoms with Crippen LogP contribution in [0.5, 0.6) is 0 Å². The largest absolute Gasteiger partial charge is 0.479 e.